The molecule has 23 heavy (non-hydrogen) atoms. The number of benzene rings is 1. The van der Waals surface area contributed by atoms with Crippen LogP contribution in [-0.4, -0.2) is 48.3 Å². The standard InChI is InChI=1S/C18H26O5/c1-11(2)20-9-18-10-21-16(17(18)22-12(3)4)15(23-18)13-7-5-6-8-14(13)19/h5-8,11-12,15-17,19H,9-10H2,1-4H3/t15-,16+,17?,18-/m0/s1. The number of aromatic hydroxyl groups is 1. The zero-order valence-electron chi connectivity index (χ0n) is 14.2. The summed E-state index contributed by atoms with van der Waals surface area (Å²) in [6.07, 6.45) is -0.609. The van der Waals surface area contributed by atoms with Gasteiger partial charge in [-0.05, 0) is 33.8 Å². The third-order valence-electron chi connectivity index (χ3n) is 4.32. The Kier molecular flexibility index (Phi) is 4.65. The number of ether oxygens (including phenoxy) is 4. The van der Waals surface area contributed by atoms with Crippen LogP contribution in [0.1, 0.15) is 39.4 Å². The Morgan fingerprint density at radius 1 is 1.22 bits per heavy atom. The molecule has 0 spiro atoms. The molecule has 1 N–H and O–H groups in total. The summed E-state index contributed by atoms with van der Waals surface area (Å²) in [5.74, 6) is 0.219. The van der Waals surface area contributed by atoms with Gasteiger partial charge >= 0.3 is 0 Å². The van der Waals surface area contributed by atoms with Crippen molar-refractivity contribution < 1.29 is 24.1 Å². The Morgan fingerprint density at radius 2 is 1.96 bits per heavy atom. The molecule has 2 fully saturated rings. The van der Waals surface area contributed by atoms with E-state index in [0.29, 0.717) is 13.2 Å². The minimum Gasteiger partial charge on any atom is -0.508 e. The predicted molar refractivity (Wildman–Crippen MR) is 85.5 cm³/mol. The molecule has 128 valence electrons. The summed E-state index contributed by atoms with van der Waals surface area (Å²) in [5.41, 5.74) is 0.118. The zero-order chi connectivity index (χ0) is 16.6. The highest BCUT2D eigenvalue weighted by Gasteiger charge is 2.63. The van der Waals surface area contributed by atoms with Gasteiger partial charge in [0.1, 0.15) is 29.7 Å². The van der Waals surface area contributed by atoms with Gasteiger partial charge in [0.25, 0.3) is 0 Å². The molecular weight excluding hydrogens is 296 g/mol. The number of phenolic OH excluding ortho intramolecular Hbond substituents is 1. The number of rotatable bonds is 6. The Balaban J connectivity index is 1.88. The van der Waals surface area contributed by atoms with E-state index in [2.05, 4.69) is 0 Å². The first kappa shape index (κ1) is 16.7. The van der Waals surface area contributed by atoms with E-state index >= 15 is 0 Å². The van der Waals surface area contributed by atoms with Gasteiger partial charge in [0, 0.05) is 5.56 Å². The van der Waals surface area contributed by atoms with Crippen LogP contribution in [0.5, 0.6) is 5.75 Å². The van der Waals surface area contributed by atoms with Crippen molar-refractivity contribution in [2.75, 3.05) is 13.2 Å². The van der Waals surface area contributed by atoms with Gasteiger partial charge in [-0.25, -0.2) is 0 Å². The fraction of sp³-hybridized carbons (Fsp3) is 0.667. The zero-order valence-corrected chi connectivity index (χ0v) is 14.2. The predicted octanol–water partition coefficient (Wildman–Crippen LogP) is 2.82. The van der Waals surface area contributed by atoms with Crippen LogP contribution in [0.2, 0.25) is 0 Å². The first-order valence-electron chi connectivity index (χ1n) is 8.27. The number of para-hydroxylation sites is 1. The molecule has 1 unspecified atom stereocenters. The van der Waals surface area contributed by atoms with Crippen molar-refractivity contribution in [3.8, 4) is 5.75 Å². The second-order valence-electron chi connectivity index (χ2n) is 6.90. The summed E-state index contributed by atoms with van der Waals surface area (Å²) in [5, 5.41) is 10.2. The van der Waals surface area contributed by atoms with Gasteiger partial charge < -0.3 is 24.1 Å². The summed E-state index contributed by atoms with van der Waals surface area (Å²) < 4.78 is 24.3. The molecule has 2 aliphatic rings. The van der Waals surface area contributed by atoms with Gasteiger partial charge in [0.05, 0.1) is 25.4 Å². The van der Waals surface area contributed by atoms with E-state index in [-0.39, 0.29) is 36.3 Å². The molecule has 5 nitrogen and oxygen atoms in total. The Hall–Kier alpha value is -1.14. The van der Waals surface area contributed by atoms with Crippen LogP contribution >= 0.6 is 0 Å². The Labute approximate surface area is 137 Å². The van der Waals surface area contributed by atoms with Crippen molar-refractivity contribution in [3.05, 3.63) is 29.8 Å². The molecule has 0 aromatic heterocycles. The molecule has 1 aromatic rings. The van der Waals surface area contributed by atoms with Crippen molar-refractivity contribution in [3.63, 3.8) is 0 Å². The first-order chi connectivity index (χ1) is 10.9. The summed E-state index contributed by atoms with van der Waals surface area (Å²) >= 11 is 0. The summed E-state index contributed by atoms with van der Waals surface area (Å²) in [6.45, 7) is 8.87. The first-order valence-corrected chi connectivity index (χ1v) is 8.27. The fourth-order valence-corrected chi connectivity index (χ4v) is 3.30. The van der Waals surface area contributed by atoms with Gasteiger partial charge in [-0.3, -0.25) is 0 Å². The third-order valence-corrected chi connectivity index (χ3v) is 4.32. The van der Waals surface area contributed by atoms with Crippen molar-refractivity contribution in [1.29, 1.82) is 0 Å². The van der Waals surface area contributed by atoms with Crippen molar-refractivity contribution >= 4 is 0 Å². The van der Waals surface area contributed by atoms with Crippen LogP contribution in [0, 0.1) is 0 Å². The van der Waals surface area contributed by atoms with Crippen LogP contribution in [-0.2, 0) is 18.9 Å². The van der Waals surface area contributed by atoms with Gasteiger partial charge in [-0.15, -0.1) is 0 Å². The van der Waals surface area contributed by atoms with Gasteiger partial charge in [-0.1, -0.05) is 18.2 Å². The van der Waals surface area contributed by atoms with E-state index in [1.807, 2.05) is 39.8 Å². The fourth-order valence-electron chi connectivity index (χ4n) is 3.30. The molecule has 0 radical (unpaired) electrons. The van der Waals surface area contributed by atoms with Crippen molar-refractivity contribution in [2.45, 2.75) is 63.8 Å². The van der Waals surface area contributed by atoms with Crippen LogP contribution in [0.4, 0.5) is 0 Å². The summed E-state index contributed by atoms with van der Waals surface area (Å²) in [7, 11) is 0. The van der Waals surface area contributed by atoms with E-state index in [0.717, 1.165) is 5.56 Å². The monoisotopic (exact) mass is 322 g/mol. The molecular formula is C18H26O5. The lowest BCUT2D eigenvalue weighted by molar-refractivity contribution is -0.181. The highest BCUT2D eigenvalue weighted by atomic mass is 16.7. The summed E-state index contributed by atoms with van der Waals surface area (Å²) in [6, 6.07) is 7.22. The van der Waals surface area contributed by atoms with E-state index in [9.17, 15) is 5.11 Å². The van der Waals surface area contributed by atoms with Crippen molar-refractivity contribution in [1.82, 2.24) is 0 Å². The minimum absolute atomic E-state index is 0.0642. The molecule has 2 heterocycles. The molecule has 0 amide bonds. The average Bonchev–Trinajstić information content (AvgIpc) is 2.97. The molecule has 1 aromatic carbocycles. The maximum absolute atomic E-state index is 10.2. The van der Waals surface area contributed by atoms with E-state index in [1.165, 1.54) is 0 Å². The van der Waals surface area contributed by atoms with Gasteiger partial charge in [-0.2, -0.15) is 0 Å². The summed E-state index contributed by atoms with van der Waals surface area (Å²) in [4.78, 5) is 0. The Bertz CT molecular complexity index is 544. The SMILES string of the molecule is CC(C)OC[C@]12CO[C@@H](C1OC(C)C)[C@H](c1ccccc1O)O2. The smallest absolute Gasteiger partial charge is 0.144 e. The average molecular weight is 322 g/mol. The maximum atomic E-state index is 10.2. The highest BCUT2D eigenvalue weighted by molar-refractivity contribution is 5.36. The van der Waals surface area contributed by atoms with Crippen LogP contribution in [0.25, 0.3) is 0 Å². The van der Waals surface area contributed by atoms with Gasteiger partial charge in [0.15, 0.2) is 0 Å². The lowest BCUT2D eigenvalue weighted by Gasteiger charge is -2.32. The molecule has 2 bridgehead atoms. The number of hydrogen-bond donors (Lipinski definition) is 1. The minimum atomic E-state index is -0.619. The third kappa shape index (κ3) is 3.11. The molecule has 3 rings (SSSR count). The molecule has 2 aliphatic heterocycles. The maximum Gasteiger partial charge on any atom is 0.144 e. The molecule has 0 aliphatic carbocycles. The van der Waals surface area contributed by atoms with E-state index < -0.39 is 5.60 Å². The van der Waals surface area contributed by atoms with Crippen LogP contribution < -0.4 is 0 Å². The van der Waals surface area contributed by atoms with Crippen molar-refractivity contribution in [2.24, 2.45) is 0 Å². The van der Waals surface area contributed by atoms with Gasteiger partial charge in [0.2, 0.25) is 0 Å². The highest BCUT2D eigenvalue weighted by Crippen LogP contribution is 2.50. The van der Waals surface area contributed by atoms with E-state index in [4.69, 9.17) is 18.9 Å². The number of phenols is 1. The second kappa shape index (κ2) is 6.40. The largest absolute Gasteiger partial charge is 0.508 e. The normalized spacial score (nSPS) is 33.0. The van der Waals surface area contributed by atoms with Crippen LogP contribution in [0.3, 0.4) is 0 Å². The lowest BCUT2D eigenvalue weighted by Crippen LogP contribution is -2.47. The lowest BCUT2D eigenvalue weighted by atomic mass is 9.96. The quantitative estimate of drug-likeness (QED) is 0.873. The van der Waals surface area contributed by atoms with E-state index in [1.54, 1.807) is 12.1 Å². The number of fused-ring (bicyclic) bond motifs is 2. The molecule has 4 atom stereocenters. The molecule has 5 heteroatoms. The molecule has 2 saturated heterocycles. The molecule has 0 saturated carbocycles. The topological polar surface area (TPSA) is 57.2 Å². The van der Waals surface area contributed by atoms with Crippen LogP contribution in [0.15, 0.2) is 24.3 Å². The second-order valence-corrected chi connectivity index (χ2v) is 6.90. The number of hydrogen-bond acceptors (Lipinski definition) is 5. The Morgan fingerprint density at radius 3 is 2.61 bits per heavy atom.